The van der Waals surface area contributed by atoms with Gasteiger partial charge in [0.1, 0.15) is 4.88 Å². The molecule has 1 N–H and O–H groups in total. The summed E-state index contributed by atoms with van der Waals surface area (Å²) in [6.45, 7) is 0.627. The van der Waals surface area contributed by atoms with Crippen LogP contribution in [0.25, 0.3) is 0 Å². The van der Waals surface area contributed by atoms with Crippen LogP contribution in [0.15, 0.2) is 30.7 Å². The molecule has 0 unspecified atom stereocenters. The number of nitrogens with one attached hydrogen (secondary N) is 1. The van der Waals surface area contributed by atoms with Gasteiger partial charge in [0.2, 0.25) is 0 Å². The fourth-order valence-corrected chi connectivity index (χ4v) is 1.96. The molecule has 0 aliphatic rings. The summed E-state index contributed by atoms with van der Waals surface area (Å²) >= 11 is 1.27. The van der Waals surface area contributed by atoms with E-state index in [9.17, 15) is 4.79 Å². The number of rotatable bonds is 4. The third-order valence-corrected chi connectivity index (χ3v) is 2.99. The number of nitrogens with zero attached hydrogens (tertiary/aromatic N) is 2. The largest absolute Gasteiger partial charge is 0.465 e. The van der Waals surface area contributed by atoms with Gasteiger partial charge in [0.25, 0.3) is 0 Å². The minimum atomic E-state index is -0.364. The van der Waals surface area contributed by atoms with Crippen molar-refractivity contribution in [1.29, 1.82) is 0 Å². The van der Waals surface area contributed by atoms with Crippen molar-refractivity contribution in [3.8, 4) is 0 Å². The summed E-state index contributed by atoms with van der Waals surface area (Å²) in [5.41, 5.74) is 1.06. The van der Waals surface area contributed by atoms with Crippen LogP contribution in [0.3, 0.4) is 0 Å². The Morgan fingerprint density at radius 3 is 3.12 bits per heavy atom. The number of aromatic nitrogens is 2. The molecular formula is C11H11N3O2S. The first kappa shape index (κ1) is 11.5. The van der Waals surface area contributed by atoms with Gasteiger partial charge in [0.15, 0.2) is 5.13 Å². The quantitative estimate of drug-likeness (QED) is 0.839. The smallest absolute Gasteiger partial charge is 0.349 e. The predicted molar refractivity (Wildman–Crippen MR) is 65.0 cm³/mol. The second kappa shape index (κ2) is 5.40. The Balaban J connectivity index is 1.96. The van der Waals surface area contributed by atoms with Crippen molar-refractivity contribution in [2.45, 2.75) is 6.54 Å². The van der Waals surface area contributed by atoms with Crippen LogP contribution in [0.4, 0.5) is 5.13 Å². The number of pyridine rings is 1. The van der Waals surface area contributed by atoms with Gasteiger partial charge in [0.05, 0.1) is 13.3 Å². The summed E-state index contributed by atoms with van der Waals surface area (Å²) in [7, 11) is 1.35. The summed E-state index contributed by atoms with van der Waals surface area (Å²) in [5, 5.41) is 3.81. The first-order valence-electron chi connectivity index (χ1n) is 4.96. The van der Waals surface area contributed by atoms with Crippen molar-refractivity contribution in [1.82, 2.24) is 9.97 Å². The molecule has 6 heteroatoms. The maximum atomic E-state index is 11.2. The second-order valence-corrected chi connectivity index (χ2v) is 4.27. The highest BCUT2D eigenvalue weighted by Gasteiger charge is 2.09. The van der Waals surface area contributed by atoms with Crippen LogP contribution in [-0.4, -0.2) is 23.0 Å². The molecule has 2 aromatic rings. The SMILES string of the molecule is COC(=O)c1cnc(NCc2cccnc2)s1. The Hall–Kier alpha value is -1.95. The van der Waals surface area contributed by atoms with E-state index in [4.69, 9.17) is 0 Å². The molecule has 0 atom stereocenters. The maximum Gasteiger partial charge on any atom is 0.349 e. The summed E-state index contributed by atoms with van der Waals surface area (Å²) in [5.74, 6) is -0.364. The minimum absolute atomic E-state index is 0.364. The molecule has 0 aliphatic heterocycles. The highest BCUT2D eigenvalue weighted by molar-refractivity contribution is 7.17. The van der Waals surface area contributed by atoms with Gasteiger partial charge in [-0.15, -0.1) is 0 Å². The van der Waals surface area contributed by atoms with E-state index in [2.05, 4.69) is 20.0 Å². The van der Waals surface area contributed by atoms with Crippen LogP contribution < -0.4 is 5.32 Å². The van der Waals surface area contributed by atoms with E-state index in [1.165, 1.54) is 24.6 Å². The van der Waals surface area contributed by atoms with Crippen LogP contribution in [0.2, 0.25) is 0 Å². The first-order chi connectivity index (χ1) is 8.29. The predicted octanol–water partition coefficient (Wildman–Crippen LogP) is 1.94. The van der Waals surface area contributed by atoms with Crippen molar-refractivity contribution in [3.63, 3.8) is 0 Å². The molecule has 0 aliphatic carbocycles. The van der Waals surface area contributed by atoms with Gasteiger partial charge in [-0.1, -0.05) is 17.4 Å². The number of ether oxygens (including phenoxy) is 1. The Morgan fingerprint density at radius 2 is 2.41 bits per heavy atom. The van der Waals surface area contributed by atoms with Crippen molar-refractivity contribution in [3.05, 3.63) is 41.2 Å². The molecule has 0 aromatic carbocycles. The highest BCUT2D eigenvalue weighted by atomic mass is 32.1. The molecule has 0 radical (unpaired) electrons. The number of anilines is 1. The zero-order valence-corrected chi connectivity index (χ0v) is 10.0. The Labute approximate surface area is 102 Å². The molecular weight excluding hydrogens is 238 g/mol. The van der Waals surface area contributed by atoms with Crippen LogP contribution in [0.5, 0.6) is 0 Å². The third-order valence-electron chi connectivity index (χ3n) is 2.06. The average Bonchev–Trinajstić information content (AvgIpc) is 2.85. The van der Waals surface area contributed by atoms with Gasteiger partial charge in [-0.05, 0) is 11.6 Å². The van der Waals surface area contributed by atoms with Crippen molar-refractivity contribution in [2.24, 2.45) is 0 Å². The van der Waals surface area contributed by atoms with Gasteiger partial charge < -0.3 is 10.1 Å². The molecule has 0 saturated carbocycles. The summed E-state index contributed by atoms with van der Waals surface area (Å²) in [6.07, 6.45) is 5.01. The van der Waals surface area contributed by atoms with Crippen LogP contribution in [0.1, 0.15) is 15.2 Å². The number of hydrogen-bond acceptors (Lipinski definition) is 6. The van der Waals surface area contributed by atoms with Gasteiger partial charge in [-0.25, -0.2) is 9.78 Å². The van der Waals surface area contributed by atoms with E-state index in [1.54, 1.807) is 12.4 Å². The number of hydrogen-bond donors (Lipinski definition) is 1. The summed E-state index contributed by atoms with van der Waals surface area (Å²) in [4.78, 5) is 19.8. The molecule has 0 bridgehead atoms. The van der Waals surface area contributed by atoms with Crippen LogP contribution >= 0.6 is 11.3 Å². The van der Waals surface area contributed by atoms with Gasteiger partial charge >= 0.3 is 5.97 Å². The first-order valence-corrected chi connectivity index (χ1v) is 5.78. The molecule has 0 spiro atoms. The lowest BCUT2D eigenvalue weighted by atomic mass is 10.3. The fourth-order valence-electron chi connectivity index (χ4n) is 1.23. The van der Waals surface area contributed by atoms with Crippen LogP contribution in [0, 0.1) is 0 Å². The summed E-state index contributed by atoms with van der Waals surface area (Å²) < 4.78 is 4.61. The second-order valence-electron chi connectivity index (χ2n) is 3.24. The Kier molecular flexibility index (Phi) is 3.66. The number of thiazole rings is 1. The monoisotopic (exact) mass is 249 g/mol. The molecule has 0 fully saturated rings. The molecule has 5 nitrogen and oxygen atoms in total. The Morgan fingerprint density at radius 1 is 1.53 bits per heavy atom. The molecule has 2 heterocycles. The van der Waals surface area contributed by atoms with Crippen molar-refractivity contribution in [2.75, 3.05) is 12.4 Å². The zero-order chi connectivity index (χ0) is 12.1. The molecule has 2 aromatic heterocycles. The highest BCUT2D eigenvalue weighted by Crippen LogP contribution is 2.19. The molecule has 0 amide bonds. The van der Waals surface area contributed by atoms with E-state index in [0.29, 0.717) is 16.6 Å². The molecule has 2 rings (SSSR count). The number of carbonyl (C=O) groups is 1. The van der Waals surface area contributed by atoms with Gasteiger partial charge in [-0.3, -0.25) is 4.98 Å². The van der Waals surface area contributed by atoms with E-state index >= 15 is 0 Å². The maximum absolute atomic E-state index is 11.2. The Bertz CT molecular complexity index is 498. The average molecular weight is 249 g/mol. The van der Waals surface area contributed by atoms with Crippen LogP contribution in [-0.2, 0) is 11.3 Å². The van der Waals surface area contributed by atoms with E-state index in [1.807, 2.05) is 12.1 Å². The summed E-state index contributed by atoms with van der Waals surface area (Å²) in [6, 6.07) is 3.84. The van der Waals surface area contributed by atoms with Gasteiger partial charge in [0, 0.05) is 18.9 Å². The van der Waals surface area contributed by atoms with Gasteiger partial charge in [-0.2, -0.15) is 0 Å². The molecule has 17 heavy (non-hydrogen) atoms. The number of carbonyl (C=O) groups excluding carboxylic acids is 1. The molecule has 0 saturated heterocycles. The number of methoxy groups -OCH3 is 1. The molecule has 88 valence electrons. The van der Waals surface area contributed by atoms with Crippen molar-refractivity contribution >= 4 is 22.4 Å². The lowest BCUT2D eigenvalue weighted by molar-refractivity contribution is 0.0606. The van der Waals surface area contributed by atoms with E-state index in [-0.39, 0.29) is 5.97 Å². The van der Waals surface area contributed by atoms with E-state index in [0.717, 1.165) is 5.56 Å². The van der Waals surface area contributed by atoms with Crippen molar-refractivity contribution < 1.29 is 9.53 Å². The minimum Gasteiger partial charge on any atom is -0.465 e. The normalized spacial score (nSPS) is 9.94. The topological polar surface area (TPSA) is 64.1 Å². The lowest BCUT2D eigenvalue weighted by Crippen LogP contribution is -1.98. The standard InChI is InChI=1S/C11H11N3O2S/c1-16-10(15)9-7-14-11(17-9)13-6-8-3-2-4-12-5-8/h2-5,7H,6H2,1H3,(H,13,14). The van der Waals surface area contributed by atoms with E-state index < -0.39 is 0 Å². The lowest BCUT2D eigenvalue weighted by Gasteiger charge is -2.01. The number of esters is 1. The third kappa shape index (κ3) is 3.01. The fraction of sp³-hybridized carbons (Fsp3) is 0.182. The zero-order valence-electron chi connectivity index (χ0n) is 9.21.